The second-order valence-corrected chi connectivity index (χ2v) is 7.00. The fourth-order valence-electron chi connectivity index (χ4n) is 3.33. The van der Waals surface area contributed by atoms with Crippen molar-refractivity contribution in [3.63, 3.8) is 0 Å². The first-order valence-electron chi connectivity index (χ1n) is 7.90. The molecule has 1 unspecified atom stereocenters. The zero-order valence-corrected chi connectivity index (χ0v) is 15.1. The maximum absolute atomic E-state index is 12.0. The number of rotatable bonds is 2. The molecule has 5 heteroatoms. The molecule has 0 saturated heterocycles. The Kier molecular flexibility index (Phi) is 3.68. The van der Waals surface area contributed by atoms with Crippen LogP contribution in [0.1, 0.15) is 16.7 Å². The minimum absolute atomic E-state index is 0.0818. The highest BCUT2D eigenvalue weighted by molar-refractivity contribution is 9.10. The number of halogens is 1. The van der Waals surface area contributed by atoms with Crippen LogP contribution in [-0.4, -0.2) is 6.10 Å². The summed E-state index contributed by atoms with van der Waals surface area (Å²) in [5.74, 6) is 0.855. The second kappa shape index (κ2) is 5.74. The number of hydrogen-bond acceptors (Lipinski definition) is 3. The van der Waals surface area contributed by atoms with Gasteiger partial charge in [-0.25, -0.2) is 9.36 Å². The molecule has 0 saturated carbocycles. The molecule has 122 valence electrons. The number of nitrogens with zero attached hydrogens (tertiary/aromatic N) is 1. The maximum Gasteiger partial charge on any atom is 0.350 e. The highest BCUT2D eigenvalue weighted by Gasteiger charge is 2.29. The van der Waals surface area contributed by atoms with E-state index < -0.39 is 0 Å². The molecule has 24 heavy (non-hydrogen) atoms. The first-order valence-corrected chi connectivity index (χ1v) is 8.70. The molecule has 0 bridgehead atoms. The number of fused-ring (bicyclic) bond motifs is 2. The van der Waals surface area contributed by atoms with Crippen LogP contribution >= 0.6 is 15.9 Å². The van der Waals surface area contributed by atoms with E-state index in [1.165, 1.54) is 5.56 Å². The molecule has 1 atom stereocenters. The van der Waals surface area contributed by atoms with Crippen molar-refractivity contribution in [1.29, 1.82) is 0 Å². The third-order valence-corrected chi connectivity index (χ3v) is 5.49. The van der Waals surface area contributed by atoms with Crippen LogP contribution in [0.15, 0.2) is 50.3 Å². The van der Waals surface area contributed by atoms with Crippen molar-refractivity contribution in [3.05, 3.63) is 68.2 Å². The van der Waals surface area contributed by atoms with E-state index in [-0.39, 0.29) is 11.7 Å². The minimum Gasteiger partial charge on any atom is -0.483 e. The average Bonchev–Trinajstić information content (AvgIpc) is 2.98. The lowest BCUT2D eigenvalue weighted by atomic mass is 10.0. The van der Waals surface area contributed by atoms with E-state index in [0.29, 0.717) is 10.1 Å². The first-order chi connectivity index (χ1) is 11.5. The van der Waals surface area contributed by atoms with Crippen LogP contribution in [0.25, 0.3) is 11.0 Å². The summed E-state index contributed by atoms with van der Waals surface area (Å²) in [6, 6.07) is 8.12. The number of ether oxygens (including phenoxy) is 1. The zero-order chi connectivity index (χ0) is 16.8. The zero-order valence-electron chi connectivity index (χ0n) is 13.5. The molecule has 0 amide bonds. The molecule has 0 N–H and O–H groups in total. The molecule has 2 aromatic heterocycles. The van der Waals surface area contributed by atoms with Crippen molar-refractivity contribution in [2.24, 2.45) is 0 Å². The van der Waals surface area contributed by atoms with Crippen LogP contribution in [0.5, 0.6) is 5.75 Å². The summed E-state index contributed by atoms with van der Waals surface area (Å²) in [7, 11) is 0. The van der Waals surface area contributed by atoms with E-state index in [4.69, 9.17) is 9.15 Å². The van der Waals surface area contributed by atoms with Crippen LogP contribution in [0, 0.1) is 13.8 Å². The van der Waals surface area contributed by atoms with Gasteiger partial charge in [-0.05, 0) is 47.0 Å². The molecule has 0 aliphatic carbocycles. The summed E-state index contributed by atoms with van der Waals surface area (Å²) in [5, 5.41) is 0.967. The van der Waals surface area contributed by atoms with Crippen LogP contribution in [0.3, 0.4) is 0 Å². The van der Waals surface area contributed by atoms with E-state index in [1.54, 1.807) is 0 Å². The Morgan fingerprint density at radius 1 is 1.21 bits per heavy atom. The van der Waals surface area contributed by atoms with E-state index >= 15 is 0 Å². The van der Waals surface area contributed by atoms with Crippen molar-refractivity contribution in [2.45, 2.75) is 32.9 Å². The molecule has 4 rings (SSSR count). The Hall–Kier alpha value is -2.14. The van der Waals surface area contributed by atoms with Crippen LogP contribution < -0.4 is 14.9 Å². The SMILES string of the molecule is Cc1c(Br)c(=O)oc2c(C)c3c(cc12)CC(C[n+]1ccccc1)O3. The number of aryl methyl sites for hydroxylation is 2. The van der Waals surface area contributed by atoms with Gasteiger partial charge in [0.05, 0.1) is 0 Å². The third kappa shape index (κ3) is 2.44. The van der Waals surface area contributed by atoms with Gasteiger partial charge >= 0.3 is 5.63 Å². The molecule has 4 nitrogen and oxygen atoms in total. The minimum atomic E-state index is -0.350. The molecular formula is C19H17BrNO3+. The molecule has 0 radical (unpaired) electrons. The monoisotopic (exact) mass is 386 g/mol. The summed E-state index contributed by atoms with van der Waals surface area (Å²) < 4.78 is 14.3. The average molecular weight is 387 g/mol. The molecule has 0 spiro atoms. The van der Waals surface area contributed by atoms with E-state index in [2.05, 4.69) is 26.6 Å². The van der Waals surface area contributed by atoms with Gasteiger partial charge in [0, 0.05) is 29.5 Å². The molecule has 0 fully saturated rings. The molecule has 1 aromatic carbocycles. The first kappa shape index (κ1) is 15.4. The van der Waals surface area contributed by atoms with Gasteiger partial charge in [-0.3, -0.25) is 0 Å². The smallest absolute Gasteiger partial charge is 0.350 e. The van der Waals surface area contributed by atoms with Crippen LogP contribution in [0.2, 0.25) is 0 Å². The Labute approximate surface area is 147 Å². The molecule has 1 aliphatic rings. The Morgan fingerprint density at radius 2 is 1.96 bits per heavy atom. The Balaban J connectivity index is 1.76. The number of pyridine rings is 1. The van der Waals surface area contributed by atoms with Crippen molar-refractivity contribution in [2.75, 3.05) is 0 Å². The van der Waals surface area contributed by atoms with Gasteiger partial charge in [0.1, 0.15) is 15.8 Å². The summed E-state index contributed by atoms with van der Waals surface area (Å²) in [4.78, 5) is 12.0. The fraction of sp³-hybridized carbons (Fsp3) is 0.263. The Bertz CT molecular complexity index is 995. The van der Waals surface area contributed by atoms with Gasteiger partial charge in [-0.15, -0.1) is 0 Å². The van der Waals surface area contributed by atoms with E-state index in [0.717, 1.165) is 35.2 Å². The molecule has 3 heterocycles. The van der Waals surface area contributed by atoms with Crippen molar-refractivity contribution in [3.8, 4) is 5.75 Å². The van der Waals surface area contributed by atoms with E-state index in [9.17, 15) is 4.79 Å². The quantitative estimate of drug-likeness (QED) is 0.500. The van der Waals surface area contributed by atoms with Gasteiger partial charge in [-0.2, -0.15) is 0 Å². The molecule has 1 aliphatic heterocycles. The van der Waals surface area contributed by atoms with Gasteiger partial charge in [-0.1, -0.05) is 6.07 Å². The normalized spacial score (nSPS) is 16.2. The predicted octanol–water partition coefficient (Wildman–Crippen LogP) is 3.46. The maximum atomic E-state index is 12.0. The topological polar surface area (TPSA) is 43.3 Å². The number of hydrogen-bond donors (Lipinski definition) is 0. The largest absolute Gasteiger partial charge is 0.483 e. The van der Waals surface area contributed by atoms with Gasteiger partial charge in [0.25, 0.3) is 0 Å². The van der Waals surface area contributed by atoms with Crippen LogP contribution in [-0.2, 0) is 13.0 Å². The highest BCUT2D eigenvalue weighted by Crippen LogP contribution is 2.38. The summed E-state index contributed by atoms with van der Waals surface area (Å²) >= 11 is 3.32. The third-order valence-electron chi connectivity index (χ3n) is 4.57. The fourth-order valence-corrected chi connectivity index (χ4v) is 3.63. The van der Waals surface area contributed by atoms with Crippen LogP contribution in [0.4, 0.5) is 0 Å². The van der Waals surface area contributed by atoms with Crippen molar-refractivity contribution in [1.82, 2.24) is 0 Å². The number of aromatic nitrogens is 1. The van der Waals surface area contributed by atoms with E-state index in [1.807, 2.05) is 44.4 Å². The predicted molar refractivity (Wildman–Crippen MR) is 94.4 cm³/mol. The molecular weight excluding hydrogens is 370 g/mol. The number of benzene rings is 1. The standard InChI is InChI=1S/C19H17BrNO3/c1-11-15-9-13-8-14(10-21-6-4-3-5-7-21)23-17(13)12(2)18(15)24-19(22)16(11)20/h3-7,9,14H,8,10H2,1-2H3/q+1. The summed E-state index contributed by atoms with van der Waals surface area (Å²) in [5.41, 5.74) is 3.25. The summed E-state index contributed by atoms with van der Waals surface area (Å²) in [6.07, 6.45) is 5.01. The Morgan fingerprint density at radius 3 is 2.71 bits per heavy atom. The second-order valence-electron chi connectivity index (χ2n) is 6.21. The van der Waals surface area contributed by atoms with Gasteiger partial charge in [0.2, 0.25) is 0 Å². The van der Waals surface area contributed by atoms with Gasteiger partial charge in [0.15, 0.2) is 25.0 Å². The lowest BCUT2D eigenvalue weighted by Gasteiger charge is -2.10. The lowest BCUT2D eigenvalue weighted by Crippen LogP contribution is -2.40. The van der Waals surface area contributed by atoms with Gasteiger partial charge < -0.3 is 9.15 Å². The van der Waals surface area contributed by atoms with Crippen molar-refractivity contribution >= 4 is 26.9 Å². The summed E-state index contributed by atoms with van der Waals surface area (Å²) in [6.45, 7) is 4.68. The highest BCUT2D eigenvalue weighted by atomic mass is 79.9. The lowest BCUT2D eigenvalue weighted by molar-refractivity contribution is -0.702. The molecule has 3 aromatic rings. The van der Waals surface area contributed by atoms with Crippen molar-refractivity contribution < 1.29 is 13.7 Å².